The van der Waals surface area contributed by atoms with Crippen LogP contribution in [0.4, 0.5) is 5.69 Å². The number of nitrogens with zero attached hydrogens (tertiary/aromatic N) is 3. The van der Waals surface area contributed by atoms with Gasteiger partial charge in [0.15, 0.2) is 0 Å². The Morgan fingerprint density at radius 2 is 2.39 bits per heavy atom. The molecule has 2 aromatic heterocycles. The van der Waals surface area contributed by atoms with E-state index in [9.17, 15) is 0 Å². The van der Waals surface area contributed by atoms with Crippen LogP contribution in [0.1, 0.15) is 23.7 Å². The van der Waals surface area contributed by atoms with Crippen LogP contribution in [-0.4, -0.2) is 28.5 Å². The molecular weight excluding hydrogens is 248 g/mol. The zero-order valence-electron chi connectivity index (χ0n) is 10.9. The predicted molar refractivity (Wildman–Crippen MR) is 73.0 cm³/mol. The molecule has 98 valence electrons. The predicted octanol–water partition coefficient (Wildman–Crippen LogP) is 2.47. The smallest absolute Gasteiger partial charge is 0.0898 e. The Bertz CT molecular complexity index is 494. The van der Waals surface area contributed by atoms with Gasteiger partial charge in [0.25, 0.3) is 0 Å². The third-order valence-corrected chi connectivity index (χ3v) is 3.41. The van der Waals surface area contributed by atoms with Gasteiger partial charge < -0.3 is 10.1 Å². The van der Waals surface area contributed by atoms with Crippen molar-refractivity contribution in [2.24, 2.45) is 0 Å². The van der Waals surface area contributed by atoms with Crippen LogP contribution in [0.3, 0.4) is 0 Å². The lowest BCUT2D eigenvalue weighted by Crippen LogP contribution is -2.07. The second-order valence-corrected chi connectivity index (χ2v) is 5.20. The van der Waals surface area contributed by atoms with Crippen molar-refractivity contribution in [3.05, 3.63) is 28.5 Å². The topological polar surface area (TPSA) is 52.0 Å². The zero-order chi connectivity index (χ0) is 13.0. The lowest BCUT2D eigenvalue weighted by molar-refractivity contribution is 0.183. The summed E-state index contributed by atoms with van der Waals surface area (Å²) in [5, 5.41) is 10.8. The summed E-state index contributed by atoms with van der Waals surface area (Å²) in [6.07, 6.45) is 3.81. The summed E-state index contributed by atoms with van der Waals surface area (Å²) in [5.41, 5.74) is 2.08. The number of hydrogen-bond acceptors (Lipinski definition) is 5. The molecule has 18 heavy (non-hydrogen) atoms. The molecule has 2 heterocycles. The summed E-state index contributed by atoms with van der Waals surface area (Å²) in [6.45, 7) is 5.55. The van der Waals surface area contributed by atoms with Gasteiger partial charge in [-0.3, -0.25) is 4.68 Å². The first kappa shape index (κ1) is 13.0. The van der Waals surface area contributed by atoms with E-state index in [-0.39, 0.29) is 6.04 Å². The number of aromatic nitrogens is 3. The molecule has 6 heteroatoms. The highest BCUT2D eigenvalue weighted by Gasteiger charge is 2.09. The summed E-state index contributed by atoms with van der Waals surface area (Å²) in [4.78, 5) is 4.47. The Kier molecular flexibility index (Phi) is 4.33. The van der Waals surface area contributed by atoms with Gasteiger partial charge in [0.2, 0.25) is 0 Å². The first-order valence-electron chi connectivity index (χ1n) is 5.89. The molecule has 0 radical (unpaired) electrons. The largest absolute Gasteiger partial charge is 0.383 e. The summed E-state index contributed by atoms with van der Waals surface area (Å²) in [6, 6.07) is 0.190. The number of nitrogens with one attached hydrogen (secondary N) is 1. The van der Waals surface area contributed by atoms with E-state index < -0.39 is 0 Å². The van der Waals surface area contributed by atoms with Gasteiger partial charge in [0.1, 0.15) is 0 Å². The van der Waals surface area contributed by atoms with E-state index in [4.69, 9.17) is 4.74 Å². The normalized spacial score (nSPS) is 12.6. The van der Waals surface area contributed by atoms with Crippen molar-refractivity contribution in [3.63, 3.8) is 0 Å². The number of aryl methyl sites for hydroxylation is 1. The van der Waals surface area contributed by atoms with E-state index in [0.29, 0.717) is 6.61 Å². The molecule has 0 fully saturated rings. The van der Waals surface area contributed by atoms with Crippen molar-refractivity contribution >= 4 is 17.0 Å². The zero-order valence-corrected chi connectivity index (χ0v) is 11.7. The van der Waals surface area contributed by atoms with Crippen LogP contribution in [0.2, 0.25) is 0 Å². The van der Waals surface area contributed by atoms with Crippen LogP contribution in [0.5, 0.6) is 0 Å². The molecule has 2 aromatic rings. The minimum absolute atomic E-state index is 0.190. The Balaban J connectivity index is 1.94. The standard InChI is InChI=1S/C12H18N4OS/c1-9(12-8-18-10(2)15-12)14-11-6-13-16(7-11)4-5-17-3/h6-9,14H,4-5H2,1-3H3. The monoisotopic (exact) mass is 266 g/mol. The molecule has 0 saturated heterocycles. The average Bonchev–Trinajstić information content (AvgIpc) is 2.96. The Morgan fingerprint density at radius 1 is 1.56 bits per heavy atom. The molecule has 0 spiro atoms. The Labute approximate surface area is 111 Å². The van der Waals surface area contributed by atoms with Crippen molar-refractivity contribution in [1.82, 2.24) is 14.8 Å². The van der Waals surface area contributed by atoms with E-state index in [0.717, 1.165) is 22.9 Å². The fraction of sp³-hybridized carbons (Fsp3) is 0.500. The van der Waals surface area contributed by atoms with Crippen LogP contribution in [0, 0.1) is 6.92 Å². The minimum Gasteiger partial charge on any atom is -0.383 e. The van der Waals surface area contributed by atoms with E-state index in [1.54, 1.807) is 18.4 Å². The van der Waals surface area contributed by atoms with Crippen LogP contribution >= 0.6 is 11.3 Å². The Hall–Kier alpha value is -1.40. The van der Waals surface area contributed by atoms with Gasteiger partial charge in [-0.2, -0.15) is 5.10 Å². The van der Waals surface area contributed by atoms with E-state index in [1.807, 2.05) is 24.0 Å². The summed E-state index contributed by atoms with van der Waals surface area (Å²) >= 11 is 1.67. The highest BCUT2D eigenvalue weighted by Crippen LogP contribution is 2.20. The number of rotatable bonds is 6. The van der Waals surface area contributed by atoms with Gasteiger partial charge in [0, 0.05) is 18.7 Å². The maximum Gasteiger partial charge on any atom is 0.0898 e. The quantitative estimate of drug-likeness (QED) is 0.872. The van der Waals surface area contributed by atoms with Crippen molar-refractivity contribution in [2.45, 2.75) is 26.4 Å². The maximum absolute atomic E-state index is 5.02. The van der Waals surface area contributed by atoms with E-state index in [2.05, 4.69) is 27.7 Å². The van der Waals surface area contributed by atoms with Crippen LogP contribution in [0.15, 0.2) is 17.8 Å². The molecule has 2 rings (SSSR count). The molecule has 0 aromatic carbocycles. The molecule has 1 unspecified atom stereocenters. The first-order valence-corrected chi connectivity index (χ1v) is 6.77. The van der Waals surface area contributed by atoms with Crippen molar-refractivity contribution < 1.29 is 4.74 Å². The van der Waals surface area contributed by atoms with E-state index >= 15 is 0 Å². The third-order valence-electron chi connectivity index (χ3n) is 2.62. The van der Waals surface area contributed by atoms with E-state index in [1.165, 1.54) is 0 Å². The van der Waals surface area contributed by atoms with Crippen LogP contribution in [-0.2, 0) is 11.3 Å². The molecule has 0 aliphatic rings. The number of ether oxygens (including phenoxy) is 1. The fourth-order valence-electron chi connectivity index (χ4n) is 1.65. The molecule has 0 amide bonds. The number of anilines is 1. The molecule has 0 saturated carbocycles. The van der Waals surface area contributed by atoms with Gasteiger partial charge in [-0.1, -0.05) is 0 Å². The highest BCUT2D eigenvalue weighted by atomic mass is 32.1. The lowest BCUT2D eigenvalue weighted by atomic mass is 10.2. The SMILES string of the molecule is COCCn1cc(NC(C)c2csc(C)n2)cn1. The maximum atomic E-state index is 5.02. The molecule has 5 nitrogen and oxygen atoms in total. The number of hydrogen-bond donors (Lipinski definition) is 1. The summed E-state index contributed by atoms with van der Waals surface area (Å²) in [7, 11) is 1.69. The fourth-order valence-corrected chi connectivity index (χ4v) is 2.35. The molecule has 1 atom stereocenters. The van der Waals surface area contributed by atoms with Gasteiger partial charge in [-0.25, -0.2) is 4.98 Å². The summed E-state index contributed by atoms with van der Waals surface area (Å²) < 4.78 is 6.88. The van der Waals surface area contributed by atoms with Crippen molar-refractivity contribution in [3.8, 4) is 0 Å². The first-order chi connectivity index (χ1) is 8.69. The van der Waals surface area contributed by atoms with Crippen molar-refractivity contribution in [1.29, 1.82) is 0 Å². The molecule has 0 aliphatic carbocycles. The van der Waals surface area contributed by atoms with Crippen LogP contribution < -0.4 is 5.32 Å². The van der Waals surface area contributed by atoms with Gasteiger partial charge in [-0.15, -0.1) is 11.3 Å². The number of methoxy groups -OCH3 is 1. The van der Waals surface area contributed by atoms with Crippen LogP contribution in [0.25, 0.3) is 0 Å². The molecule has 0 bridgehead atoms. The lowest BCUT2D eigenvalue weighted by Gasteiger charge is -2.10. The van der Waals surface area contributed by atoms with Crippen molar-refractivity contribution in [2.75, 3.05) is 19.0 Å². The highest BCUT2D eigenvalue weighted by molar-refractivity contribution is 7.09. The molecule has 1 N–H and O–H groups in total. The molecular formula is C12H18N4OS. The summed E-state index contributed by atoms with van der Waals surface area (Å²) in [5.74, 6) is 0. The second-order valence-electron chi connectivity index (χ2n) is 4.14. The van der Waals surface area contributed by atoms with Gasteiger partial charge in [0.05, 0.1) is 41.8 Å². The third kappa shape index (κ3) is 3.30. The Morgan fingerprint density at radius 3 is 3.06 bits per heavy atom. The minimum atomic E-state index is 0.190. The van der Waals surface area contributed by atoms with Gasteiger partial charge >= 0.3 is 0 Å². The van der Waals surface area contributed by atoms with Gasteiger partial charge in [-0.05, 0) is 13.8 Å². The number of thiazole rings is 1. The average molecular weight is 266 g/mol. The second kappa shape index (κ2) is 5.97. The molecule has 0 aliphatic heterocycles.